The van der Waals surface area contributed by atoms with E-state index in [2.05, 4.69) is 10.3 Å². The van der Waals surface area contributed by atoms with Gasteiger partial charge in [0.25, 0.3) is 5.91 Å². The van der Waals surface area contributed by atoms with Crippen molar-refractivity contribution < 1.29 is 14.3 Å². The third-order valence-electron chi connectivity index (χ3n) is 4.67. The minimum Gasteiger partial charge on any atom is -0.460 e. The van der Waals surface area contributed by atoms with Crippen molar-refractivity contribution in [3.05, 3.63) is 92.7 Å². The number of rotatable bonds is 7. The third-order valence-corrected chi connectivity index (χ3v) is 4.93. The summed E-state index contributed by atoms with van der Waals surface area (Å²) in [6.07, 6.45) is 1.88. The van der Waals surface area contributed by atoms with Gasteiger partial charge in [0, 0.05) is 34.0 Å². The number of halogens is 1. The maximum Gasteiger partial charge on any atom is 0.329 e. The first-order valence-electron chi connectivity index (χ1n) is 9.81. The van der Waals surface area contributed by atoms with Gasteiger partial charge in [-0.15, -0.1) is 0 Å². The van der Waals surface area contributed by atoms with E-state index in [1.807, 2.05) is 32.0 Å². The number of hydrogen-bond acceptors (Lipinski definition) is 4. The van der Waals surface area contributed by atoms with Crippen LogP contribution < -0.4 is 10.9 Å². The van der Waals surface area contributed by atoms with Gasteiger partial charge in [-0.25, -0.2) is 4.79 Å². The number of aromatic nitrogens is 1. The number of hydrogen-bond donors (Lipinski definition) is 2. The van der Waals surface area contributed by atoms with Crippen LogP contribution in [-0.4, -0.2) is 29.5 Å². The molecule has 0 fully saturated rings. The second-order valence-electron chi connectivity index (χ2n) is 7.35. The van der Waals surface area contributed by atoms with Crippen LogP contribution in [0.25, 0.3) is 10.9 Å². The van der Waals surface area contributed by atoms with Crippen LogP contribution >= 0.6 is 11.6 Å². The topological polar surface area (TPSA) is 88.3 Å². The largest absolute Gasteiger partial charge is 0.460 e. The van der Waals surface area contributed by atoms with Gasteiger partial charge in [0.05, 0.1) is 0 Å². The predicted molar refractivity (Wildman–Crippen MR) is 121 cm³/mol. The summed E-state index contributed by atoms with van der Waals surface area (Å²) in [6, 6.07) is 14.1. The van der Waals surface area contributed by atoms with Crippen LogP contribution in [0.4, 0.5) is 0 Å². The molecule has 160 valence electrons. The van der Waals surface area contributed by atoms with Gasteiger partial charge in [0.1, 0.15) is 12.6 Å². The van der Waals surface area contributed by atoms with Crippen molar-refractivity contribution in [2.45, 2.75) is 26.3 Å². The number of esters is 1. The molecule has 0 saturated heterocycles. The first-order valence-corrected chi connectivity index (χ1v) is 10.2. The Kier molecular flexibility index (Phi) is 7.26. The van der Waals surface area contributed by atoms with E-state index >= 15 is 0 Å². The van der Waals surface area contributed by atoms with Crippen molar-refractivity contribution >= 4 is 34.4 Å². The van der Waals surface area contributed by atoms with E-state index < -0.39 is 17.9 Å². The minimum atomic E-state index is -0.973. The Balaban J connectivity index is 1.89. The Morgan fingerprint density at radius 2 is 1.84 bits per heavy atom. The number of para-hydroxylation sites is 1. The lowest BCUT2D eigenvalue weighted by molar-refractivity contribution is -0.144. The Morgan fingerprint density at radius 1 is 1.13 bits per heavy atom. The molecule has 1 aromatic heterocycles. The maximum atomic E-state index is 12.8. The van der Waals surface area contributed by atoms with Crippen LogP contribution in [0.2, 0.25) is 5.02 Å². The second-order valence-corrected chi connectivity index (χ2v) is 7.79. The van der Waals surface area contributed by atoms with E-state index in [-0.39, 0.29) is 18.6 Å². The van der Waals surface area contributed by atoms with Crippen molar-refractivity contribution in [2.24, 2.45) is 0 Å². The average Bonchev–Trinajstić information content (AvgIpc) is 2.73. The molecule has 0 aliphatic rings. The normalized spacial score (nSPS) is 11.6. The average molecular weight is 439 g/mol. The number of nitrogens with one attached hydrogen (secondary N) is 2. The van der Waals surface area contributed by atoms with Crippen LogP contribution in [0.3, 0.4) is 0 Å². The summed E-state index contributed by atoms with van der Waals surface area (Å²) in [6.45, 7) is 3.90. The molecule has 1 amide bonds. The zero-order valence-corrected chi connectivity index (χ0v) is 18.0. The molecule has 1 heterocycles. The lowest BCUT2D eigenvalue weighted by atomic mass is 10.0. The van der Waals surface area contributed by atoms with Crippen LogP contribution in [-0.2, 0) is 16.0 Å². The summed E-state index contributed by atoms with van der Waals surface area (Å²) in [4.78, 5) is 40.4. The van der Waals surface area contributed by atoms with Gasteiger partial charge >= 0.3 is 5.97 Å². The number of carbonyl (C=O) groups is 2. The van der Waals surface area contributed by atoms with Crippen molar-refractivity contribution in [3.63, 3.8) is 0 Å². The van der Waals surface area contributed by atoms with Crippen LogP contribution in [0, 0.1) is 0 Å². The molecule has 7 heteroatoms. The number of carbonyl (C=O) groups excluding carboxylic acids is 2. The van der Waals surface area contributed by atoms with E-state index in [0.29, 0.717) is 21.7 Å². The highest BCUT2D eigenvalue weighted by Gasteiger charge is 2.24. The molecule has 2 N–H and O–H groups in total. The number of pyridine rings is 1. The number of benzene rings is 2. The zero-order chi connectivity index (χ0) is 22.4. The number of fused-ring (bicyclic) bond motifs is 1. The number of ether oxygens (including phenoxy) is 1. The molecule has 0 spiro atoms. The minimum absolute atomic E-state index is 0.102. The van der Waals surface area contributed by atoms with Gasteiger partial charge in [-0.1, -0.05) is 35.4 Å². The van der Waals surface area contributed by atoms with Gasteiger partial charge in [0.2, 0.25) is 5.56 Å². The van der Waals surface area contributed by atoms with Crippen molar-refractivity contribution in [1.29, 1.82) is 0 Å². The highest BCUT2D eigenvalue weighted by atomic mass is 35.5. The molecular weight excluding hydrogens is 416 g/mol. The molecule has 3 rings (SSSR count). The fourth-order valence-electron chi connectivity index (χ4n) is 3.09. The van der Waals surface area contributed by atoms with Crippen molar-refractivity contribution in [3.8, 4) is 0 Å². The fourth-order valence-corrected chi connectivity index (χ4v) is 3.22. The number of allylic oxidation sites excluding steroid dienone is 1. The van der Waals surface area contributed by atoms with Crippen LogP contribution in [0.1, 0.15) is 29.8 Å². The molecule has 2 aromatic carbocycles. The highest BCUT2D eigenvalue weighted by molar-refractivity contribution is 6.30. The molecule has 0 saturated carbocycles. The molecule has 31 heavy (non-hydrogen) atoms. The van der Waals surface area contributed by atoms with Crippen molar-refractivity contribution in [1.82, 2.24) is 10.3 Å². The highest BCUT2D eigenvalue weighted by Crippen LogP contribution is 2.17. The lowest BCUT2D eigenvalue weighted by Gasteiger charge is -2.18. The SMILES string of the molecule is CC(C)=CCOC(=O)C(Cc1cc(=O)[nH]c2ccccc12)NC(=O)c1ccc(Cl)cc1. The first-order chi connectivity index (χ1) is 14.8. The molecule has 1 unspecified atom stereocenters. The Hall–Kier alpha value is -3.38. The van der Waals surface area contributed by atoms with E-state index in [1.54, 1.807) is 36.4 Å². The summed E-state index contributed by atoms with van der Waals surface area (Å²) in [7, 11) is 0. The van der Waals surface area contributed by atoms with Gasteiger partial charge < -0.3 is 15.0 Å². The molecule has 6 nitrogen and oxygen atoms in total. The van der Waals surface area contributed by atoms with E-state index in [9.17, 15) is 14.4 Å². The quantitative estimate of drug-likeness (QED) is 0.430. The third kappa shape index (κ3) is 6.06. The lowest BCUT2D eigenvalue weighted by Crippen LogP contribution is -2.43. The van der Waals surface area contributed by atoms with Gasteiger partial charge in [-0.05, 0) is 55.8 Å². The summed E-state index contributed by atoms with van der Waals surface area (Å²) < 4.78 is 5.35. The smallest absolute Gasteiger partial charge is 0.329 e. The number of aromatic amines is 1. The van der Waals surface area contributed by atoms with Crippen molar-refractivity contribution in [2.75, 3.05) is 6.61 Å². The maximum absolute atomic E-state index is 12.8. The van der Waals surface area contributed by atoms with Crippen LogP contribution in [0.5, 0.6) is 0 Å². The second kappa shape index (κ2) is 10.1. The van der Waals surface area contributed by atoms with Gasteiger partial charge in [0.15, 0.2) is 0 Å². The fraction of sp³-hybridized carbons (Fsp3) is 0.208. The van der Waals surface area contributed by atoms with Gasteiger partial charge in [-0.3, -0.25) is 9.59 Å². The number of amides is 1. The molecule has 1 atom stereocenters. The zero-order valence-electron chi connectivity index (χ0n) is 17.3. The Labute approximate surface area is 184 Å². The monoisotopic (exact) mass is 438 g/mol. The molecule has 0 bridgehead atoms. The van der Waals surface area contributed by atoms with Gasteiger partial charge in [-0.2, -0.15) is 0 Å². The standard InChI is InChI=1S/C24H23ClN2O4/c1-15(2)11-12-31-24(30)21(27-23(29)16-7-9-18(25)10-8-16)13-17-14-22(28)26-20-6-4-3-5-19(17)20/h3-11,14,21H,12-13H2,1-2H3,(H,26,28)(H,27,29). The van der Waals surface area contributed by atoms with E-state index in [0.717, 1.165) is 11.0 Å². The van der Waals surface area contributed by atoms with Crippen LogP contribution in [0.15, 0.2) is 71.0 Å². The van der Waals surface area contributed by atoms with E-state index in [4.69, 9.17) is 16.3 Å². The summed E-state index contributed by atoms with van der Waals surface area (Å²) in [5.74, 6) is -1.01. The summed E-state index contributed by atoms with van der Waals surface area (Å²) >= 11 is 5.89. The van der Waals surface area contributed by atoms with E-state index in [1.165, 1.54) is 6.07 Å². The molecule has 0 radical (unpaired) electrons. The first kappa shape index (κ1) is 22.3. The molecule has 0 aliphatic heterocycles. The molecular formula is C24H23ClN2O4. The Bertz CT molecular complexity index is 1180. The Morgan fingerprint density at radius 3 is 2.55 bits per heavy atom. The summed E-state index contributed by atoms with van der Waals surface area (Å²) in [5, 5.41) is 4.03. The predicted octanol–water partition coefficient (Wildman–Crippen LogP) is 4.03. The summed E-state index contributed by atoms with van der Waals surface area (Å²) in [5.41, 5.74) is 2.39. The molecule has 0 aliphatic carbocycles. The number of H-pyrrole nitrogens is 1. The molecule has 3 aromatic rings.